The van der Waals surface area contributed by atoms with Gasteiger partial charge in [0, 0.05) is 18.7 Å². The fraction of sp³-hybridized carbons (Fsp3) is 0.455. The molecule has 1 aromatic heterocycles. The first-order chi connectivity index (χ1) is 8.83. The van der Waals surface area contributed by atoms with Gasteiger partial charge in [-0.15, -0.1) is 6.58 Å². The molecule has 7 nitrogen and oxygen atoms in total. The Morgan fingerprint density at radius 2 is 2.37 bits per heavy atom. The number of rotatable bonds is 3. The summed E-state index contributed by atoms with van der Waals surface area (Å²) in [7, 11) is 0. The first kappa shape index (κ1) is 13.7. The topological polar surface area (TPSA) is 105 Å². The minimum Gasteiger partial charge on any atom is -0.390 e. The normalized spacial score (nSPS) is 34.4. The van der Waals surface area contributed by atoms with Crippen molar-refractivity contribution in [3.63, 3.8) is 0 Å². The van der Waals surface area contributed by atoms with Gasteiger partial charge in [0.1, 0.15) is 12.2 Å². The van der Waals surface area contributed by atoms with Gasteiger partial charge >= 0.3 is 5.69 Å². The van der Waals surface area contributed by atoms with E-state index in [1.54, 1.807) is 0 Å². The van der Waals surface area contributed by atoms with Crippen molar-refractivity contribution in [2.75, 3.05) is 6.61 Å². The van der Waals surface area contributed by atoms with Gasteiger partial charge in [0.05, 0.1) is 0 Å². The van der Waals surface area contributed by atoms with Crippen molar-refractivity contribution in [1.29, 1.82) is 0 Å². The highest BCUT2D eigenvalue weighted by molar-refractivity contribution is 5.08. The summed E-state index contributed by atoms with van der Waals surface area (Å²) >= 11 is 0. The minimum atomic E-state index is -2.48. The fourth-order valence-electron chi connectivity index (χ4n) is 2.03. The maximum atomic E-state index is 14.0. The minimum absolute atomic E-state index is 0.573. The van der Waals surface area contributed by atoms with Crippen molar-refractivity contribution in [3.05, 3.63) is 45.8 Å². The number of aliphatic hydroxyl groups is 2. The van der Waals surface area contributed by atoms with E-state index in [0.717, 1.165) is 22.9 Å². The Balaban J connectivity index is 2.51. The molecule has 1 aliphatic heterocycles. The third kappa shape index (κ3) is 2.25. The van der Waals surface area contributed by atoms with Gasteiger partial charge < -0.3 is 14.9 Å². The lowest BCUT2D eigenvalue weighted by Gasteiger charge is -2.25. The molecule has 1 aliphatic rings. The largest absolute Gasteiger partial charge is 0.390 e. The van der Waals surface area contributed by atoms with Crippen LogP contribution in [0.2, 0.25) is 0 Å². The van der Waals surface area contributed by atoms with E-state index in [0.29, 0.717) is 0 Å². The van der Waals surface area contributed by atoms with E-state index in [-0.39, 0.29) is 0 Å². The van der Waals surface area contributed by atoms with Crippen molar-refractivity contribution in [1.82, 2.24) is 9.55 Å². The molecule has 1 aromatic rings. The molecule has 104 valence electrons. The molecule has 0 radical (unpaired) electrons. The molecule has 0 aromatic carbocycles. The van der Waals surface area contributed by atoms with Crippen LogP contribution >= 0.6 is 0 Å². The smallest absolute Gasteiger partial charge is 0.330 e. The van der Waals surface area contributed by atoms with E-state index in [2.05, 4.69) is 6.58 Å². The number of hydrogen-bond acceptors (Lipinski definition) is 5. The summed E-state index contributed by atoms with van der Waals surface area (Å²) in [4.78, 5) is 24.6. The van der Waals surface area contributed by atoms with Crippen LogP contribution < -0.4 is 11.2 Å². The van der Waals surface area contributed by atoms with Gasteiger partial charge in [-0.1, -0.05) is 6.08 Å². The Hall–Kier alpha value is -1.77. The number of aromatic nitrogens is 2. The standard InChI is InChI=1S/C11H13FN2O5/c1-2-10(18)5-11(12,6-15)19-8(10)14-4-3-7(16)13-9(14)17/h2-4,8,15,18H,1,5-6H2,(H,13,16,17)/t8-,10-,11+/m1/s1. The molecule has 1 fully saturated rings. The number of nitrogens with zero attached hydrogens (tertiary/aromatic N) is 1. The SMILES string of the molecule is C=C[C@@]1(O)C[C@@](F)(CO)O[C@H]1n1ccc(=O)[nH]c1=O. The predicted molar refractivity (Wildman–Crippen MR) is 62.1 cm³/mol. The number of halogens is 1. The second-order valence-electron chi connectivity index (χ2n) is 4.40. The fourth-order valence-corrected chi connectivity index (χ4v) is 2.03. The third-order valence-corrected chi connectivity index (χ3v) is 2.99. The second-order valence-corrected chi connectivity index (χ2v) is 4.40. The number of ether oxygens (including phenoxy) is 1. The quantitative estimate of drug-likeness (QED) is 0.614. The van der Waals surface area contributed by atoms with Crippen LogP contribution in [0.15, 0.2) is 34.5 Å². The van der Waals surface area contributed by atoms with Gasteiger partial charge in [0.2, 0.25) is 5.85 Å². The van der Waals surface area contributed by atoms with E-state index in [1.807, 2.05) is 4.98 Å². The van der Waals surface area contributed by atoms with Gasteiger partial charge in [0.15, 0.2) is 6.23 Å². The summed E-state index contributed by atoms with van der Waals surface area (Å²) in [5.74, 6) is -2.48. The molecule has 3 atom stereocenters. The first-order valence-corrected chi connectivity index (χ1v) is 5.49. The van der Waals surface area contributed by atoms with E-state index < -0.39 is 42.0 Å². The number of nitrogens with one attached hydrogen (secondary N) is 1. The molecule has 0 unspecified atom stereocenters. The zero-order valence-electron chi connectivity index (χ0n) is 9.88. The molecule has 0 spiro atoms. The number of aliphatic hydroxyl groups excluding tert-OH is 1. The van der Waals surface area contributed by atoms with E-state index in [1.165, 1.54) is 0 Å². The number of aromatic amines is 1. The molecule has 8 heteroatoms. The molecule has 0 amide bonds. The van der Waals surface area contributed by atoms with Gasteiger partial charge in [-0.2, -0.15) is 0 Å². The van der Waals surface area contributed by atoms with Crippen LogP contribution in [0, 0.1) is 0 Å². The van der Waals surface area contributed by atoms with Crippen molar-refractivity contribution in [2.24, 2.45) is 0 Å². The summed E-state index contributed by atoms with van der Waals surface area (Å²) in [6.07, 6.45) is 0.109. The van der Waals surface area contributed by atoms with Crippen LogP contribution in [-0.4, -0.2) is 37.8 Å². The Bertz CT molecular complexity index is 612. The van der Waals surface area contributed by atoms with Crippen molar-refractivity contribution in [3.8, 4) is 0 Å². The van der Waals surface area contributed by atoms with Gasteiger partial charge in [-0.05, 0) is 0 Å². The van der Waals surface area contributed by atoms with Gasteiger partial charge in [-0.3, -0.25) is 14.3 Å². The Kier molecular flexibility index (Phi) is 3.17. The average molecular weight is 272 g/mol. The van der Waals surface area contributed by atoms with Crippen LogP contribution in [0.4, 0.5) is 4.39 Å². The van der Waals surface area contributed by atoms with E-state index in [9.17, 15) is 19.1 Å². The highest BCUT2D eigenvalue weighted by Gasteiger charge is 2.55. The zero-order chi connectivity index (χ0) is 14.3. The molecule has 1 saturated heterocycles. The molecular formula is C11H13FN2O5. The number of alkyl halides is 1. The maximum Gasteiger partial charge on any atom is 0.330 e. The summed E-state index contributed by atoms with van der Waals surface area (Å²) < 4.78 is 19.8. The number of hydrogen-bond donors (Lipinski definition) is 3. The molecule has 0 saturated carbocycles. The van der Waals surface area contributed by atoms with Crippen molar-refractivity contribution < 1.29 is 19.3 Å². The van der Waals surface area contributed by atoms with Crippen molar-refractivity contribution >= 4 is 0 Å². The third-order valence-electron chi connectivity index (χ3n) is 2.99. The average Bonchev–Trinajstić information content (AvgIpc) is 2.63. The molecule has 2 heterocycles. The lowest BCUT2D eigenvalue weighted by molar-refractivity contribution is -0.184. The molecule has 3 N–H and O–H groups in total. The second kappa shape index (κ2) is 4.41. The Morgan fingerprint density at radius 1 is 1.68 bits per heavy atom. The molecule has 2 rings (SSSR count). The summed E-state index contributed by atoms with van der Waals surface area (Å²) in [6, 6.07) is 1.03. The van der Waals surface area contributed by atoms with Crippen LogP contribution in [0.25, 0.3) is 0 Å². The molecule has 19 heavy (non-hydrogen) atoms. The highest BCUT2D eigenvalue weighted by atomic mass is 19.2. The molecular weight excluding hydrogens is 259 g/mol. The Labute approximate surface area is 106 Å². The monoisotopic (exact) mass is 272 g/mol. The van der Waals surface area contributed by atoms with Crippen LogP contribution in [0.3, 0.4) is 0 Å². The van der Waals surface area contributed by atoms with E-state index >= 15 is 0 Å². The lowest BCUT2D eigenvalue weighted by Crippen LogP contribution is -2.40. The van der Waals surface area contributed by atoms with Gasteiger partial charge in [-0.25, -0.2) is 9.18 Å². The molecule has 0 bridgehead atoms. The molecule has 0 aliphatic carbocycles. The van der Waals surface area contributed by atoms with Crippen LogP contribution in [0.1, 0.15) is 12.6 Å². The number of H-pyrrole nitrogens is 1. The first-order valence-electron chi connectivity index (χ1n) is 5.49. The lowest BCUT2D eigenvalue weighted by atomic mass is 9.97. The maximum absolute atomic E-state index is 14.0. The van der Waals surface area contributed by atoms with E-state index in [4.69, 9.17) is 9.84 Å². The summed E-state index contributed by atoms with van der Waals surface area (Å²) in [5.41, 5.74) is -3.37. The predicted octanol–water partition coefficient (Wildman–Crippen LogP) is -0.969. The Morgan fingerprint density at radius 3 is 2.89 bits per heavy atom. The van der Waals surface area contributed by atoms with Crippen LogP contribution in [0.5, 0.6) is 0 Å². The highest BCUT2D eigenvalue weighted by Crippen LogP contribution is 2.44. The summed E-state index contributed by atoms with van der Waals surface area (Å²) in [5, 5.41) is 19.2. The van der Waals surface area contributed by atoms with Gasteiger partial charge in [0.25, 0.3) is 5.56 Å². The summed E-state index contributed by atoms with van der Waals surface area (Å²) in [6.45, 7) is 2.40. The van der Waals surface area contributed by atoms with Crippen LogP contribution in [-0.2, 0) is 4.74 Å². The zero-order valence-corrected chi connectivity index (χ0v) is 9.88. The van der Waals surface area contributed by atoms with Crippen molar-refractivity contribution in [2.45, 2.75) is 24.1 Å².